The molecule has 1 amide bonds. The molecule has 1 aromatic heterocycles. The van der Waals surface area contributed by atoms with Crippen molar-refractivity contribution in [3.63, 3.8) is 0 Å². The van der Waals surface area contributed by atoms with Gasteiger partial charge >= 0.3 is 5.97 Å². The number of esters is 1. The van der Waals surface area contributed by atoms with Gasteiger partial charge in [0.15, 0.2) is 11.5 Å². The lowest BCUT2D eigenvalue weighted by atomic mass is 10.1. The molecule has 1 heterocycles. The highest BCUT2D eigenvalue weighted by Crippen LogP contribution is 2.29. The number of carbonyl (C=O) groups is 2. The molecule has 0 atom stereocenters. The van der Waals surface area contributed by atoms with Crippen molar-refractivity contribution < 1.29 is 23.5 Å². The third-order valence-electron chi connectivity index (χ3n) is 3.87. The molecule has 154 valence electrons. The Morgan fingerprint density at radius 3 is 2.63 bits per heavy atom. The number of hydrogen-bond donors (Lipinski definition) is 1. The Morgan fingerprint density at radius 1 is 1.13 bits per heavy atom. The second-order valence-corrected chi connectivity index (χ2v) is 7.02. The number of benzene rings is 2. The number of hydrogen-bond acceptors (Lipinski definition) is 6. The monoisotopic (exact) mass is 470 g/mol. The highest BCUT2D eigenvalue weighted by atomic mass is 79.9. The second-order valence-electron chi connectivity index (χ2n) is 6.10. The summed E-state index contributed by atoms with van der Waals surface area (Å²) in [6, 6.07) is 15.6. The first-order valence-electron chi connectivity index (χ1n) is 9.14. The minimum atomic E-state index is -0.623. The summed E-state index contributed by atoms with van der Waals surface area (Å²) in [6.07, 6.45) is 3.10. The van der Waals surface area contributed by atoms with Crippen molar-refractivity contribution in [3.8, 4) is 11.5 Å². The Balaban J connectivity index is 1.62. The Hall–Kier alpha value is -3.39. The number of nitrogens with one attached hydrogen (secondary N) is 1. The van der Waals surface area contributed by atoms with Crippen LogP contribution in [0.1, 0.15) is 28.6 Å². The Labute approximate surface area is 181 Å². The van der Waals surface area contributed by atoms with E-state index in [1.807, 2.05) is 31.2 Å². The SMILES string of the molecule is CCOc1cc(/C=N/NC(=O)Cc2ccc(Br)cc2)ccc1OC(=O)c1ccco1. The molecule has 0 aliphatic heterocycles. The van der Waals surface area contributed by atoms with Gasteiger partial charge in [-0.05, 0) is 60.5 Å². The van der Waals surface area contributed by atoms with Crippen LogP contribution in [0.4, 0.5) is 0 Å². The minimum absolute atomic E-state index is 0.0940. The average molecular weight is 471 g/mol. The normalized spacial score (nSPS) is 10.7. The van der Waals surface area contributed by atoms with E-state index in [2.05, 4.69) is 26.5 Å². The highest BCUT2D eigenvalue weighted by Gasteiger charge is 2.15. The zero-order valence-corrected chi connectivity index (χ0v) is 17.7. The highest BCUT2D eigenvalue weighted by molar-refractivity contribution is 9.10. The first kappa shape index (κ1) is 21.3. The minimum Gasteiger partial charge on any atom is -0.490 e. The molecule has 0 saturated heterocycles. The summed E-state index contributed by atoms with van der Waals surface area (Å²) in [4.78, 5) is 24.1. The van der Waals surface area contributed by atoms with E-state index in [1.54, 1.807) is 24.3 Å². The van der Waals surface area contributed by atoms with Crippen LogP contribution in [-0.2, 0) is 11.2 Å². The molecule has 0 spiro atoms. The lowest BCUT2D eigenvalue weighted by Gasteiger charge is -2.10. The van der Waals surface area contributed by atoms with Gasteiger partial charge in [0.2, 0.25) is 11.7 Å². The Bertz CT molecular complexity index is 1030. The molecule has 8 heteroatoms. The van der Waals surface area contributed by atoms with Crippen molar-refractivity contribution >= 4 is 34.0 Å². The summed E-state index contributed by atoms with van der Waals surface area (Å²) in [7, 11) is 0. The van der Waals surface area contributed by atoms with Crippen LogP contribution in [0.15, 0.2) is 74.9 Å². The molecule has 0 bridgehead atoms. The van der Waals surface area contributed by atoms with Gasteiger partial charge in [0.1, 0.15) is 0 Å². The number of carbonyl (C=O) groups excluding carboxylic acids is 2. The van der Waals surface area contributed by atoms with Crippen LogP contribution in [0, 0.1) is 0 Å². The van der Waals surface area contributed by atoms with Crippen LogP contribution in [0.3, 0.4) is 0 Å². The molecular weight excluding hydrogens is 452 g/mol. The Kier molecular flexibility index (Phi) is 7.40. The first-order valence-corrected chi connectivity index (χ1v) is 9.93. The van der Waals surface area contributed by atoms with Gasteiger partial charge < -0.3 is 13.9 Å². The van der Waals surface area contributed by atoms with Crippen molar-refractivity contribution in [2.24, 2.45) is 5.10 Å². The molecule has 0 saturated carbocycles. The molecule has 7 nitrogen and oxygen atoms in total. The van der Waals surface area contributed by atoms with E-state index >= 15 is 0 Å². The van der Waals surface area contributed by atoms with E-state index in [1.165, 1.54) is 18.5 Å². The number of halogens is 1. The van der Waals surface area contributed by atoms with E-state index in [0.717, 1.165) is 10.0 Å². The smallest absolute Gasteiger partial charge is 0.379 e. The number of nitrogens with zero attached hydrogens (tertiary/aromatic N) is 1. The van der Waals surface area contributed by atoms with Crippen LogP contribution in [0.2, 0.25) is 0 Å². The van der Waals surface area contributed by atoms with Crippen molar-refractivity contribution in [2.45, 2.75) is 13.3 Å². The molecule has 0 unspecified atom stereocenters. The quantitative estimate of drug-likeness (QED) is 0.228. The molecule has 3 aromatic rings. The number of ether oxygens (including phenoxy) is 2. The van der Waals surface area contributed by atoms with E-state index in [4.69, 9.17) is 13.9 Å². The van der Waals surface area contributed by atoms with Gasteiger partial charge in [0.05, 0.1) is 25.5 Å². The van der Waals surface area contributed by atoms with E-state index < -0.39 is 5.97 Å². The summed E-state index contributed by atoms with van der Waals surface area (Å²) >= 11 is 3.36. The van der Waals surface area contributed by atoms with Gasteiger partial charge in [-0.15, -0.1) is 0 Å². The fraction of sp³-hybridized carbons (Fsp3) is 0.136. The number of hydrazone groups is 1. The lowest BCUT2D eigenvalue weighted by Crippen LogP contribution is -2.19. The van der Waals surface area contributed by atoms with Crippen LogP contribution in [0.5, 0.6) is 11.5 Å². The maximum absolute atomic E-state index is 12.1. The zero-order valence-electron chi connectivity index (χ0n) is 16.1. The van der Waals surface area contributed by atoms with Crippen molar-refractivity contribution in [1.29, 1.82) is 0 Å². The largest absolute Gasteiger partial charge is 0.490 e. The lowest BCUT2D eigenvalue weighted by molar-refractivity contribution is -0.120. The molecule has 30 heavy (non-hydrogen) atoms. The van der Waals surface area contributed by atoms with Gasteiger partial charge in [0, 0.05) is 4.47 Å². The van der Waals surface area contributed by atoms with Gasteiger partial charge in [0.25, 0.3) is 0 Å². The van der Waals surface area contributed by atoms with Crippen LogP contribution >= 0.6 is 15.9 Å². The Morgan fingerprint density at radius 2 is 1.93 bits per heavy atom. The van der Waals surface area contributed by atoms with E-state index in [-0.39, 0.29) is 23.8 Å². The van der Waals surface area contributed by atoms with Gasteiger partial charge in [-0.25, -0.2) is 10.2 Å². The summed E-state index contributed by atoms with van der Waals surface area (Å²) in [6.45, 7) is 2.21. The number of rotatable bonds is 8. The second kappa shape index (κ2) is 10.4. The molecule has 2 aromatic carbocycles. The maximum atomic E-state index is 12.1. The number of amides is 1. The molecular formula is C22H19BrN2O5. The van der Waals surface area contributed by atoms with Gasteiger partial charge in [-0.2, -0.15) is 5.10 Å². The predicted octanol–water partition coefficient (Wildman–Crippen LogP) is 4.35. The topological polar surface area (TPSA) is 90.1 Å². The first-order chi connectivity index (χ1) is 14.5. The summed E-state index contributed by atoms with van der Waals surface area (Å²) in [5.41, 5.74) is 4.04. The molecule has 0 fully saturated rings. The standard InChI is InChI=1S/C22H19BrN2O5/c1-2-28-20-12-16(7-10-18(20)30-22(27)19-4-3-11-29-19)14-24-25-21(26)13-15-5-8-17(23)9-6-15/h3-12,14H,2,13H2,1H3,(H,25,26)/b24-14+. The van der Waals surface area contributed by atoms with E-state index in [9.17, 15) is 9.59 Å². The van der Waals surface area contributed by atoms with Crippen molar-refractivity contribution in [3.05, 3.63) is 82.2 Å². The van der Waals surface area contributed by atoms with Gasteiger partial charge in [-0.1, -0.05) is 28.1 Å². The average Bonchev–Trinajstić information content (AvgIpc) is 3.27. The predicted molar refractivity (Wildman–Crippen MR) is 115 cm³/mol. The fourth-order valence-electron chi connectivity index (χ4n) is 2.51. The molecule has 0 radical (unpaired) electrons. The third-order valence-corrected chi connectivity index (χ3v) is 4.40. The van der Waals surface area contributed by atoms with Gasteiger partial charge in [-0.3, -0.25) is 4.79 Å². The number of furan rings is 1. The van der Waals surface area contributed by atoms with E-state index in [0.29, 0.717) is 17.9 Å². The van der Waals surface area contributed by atoms with Crippen LogP contribution in [-0.4, -0.2) is 24.7 Å². The summed E-state index contributed by atoms with van der Waals surface area (Å²) < 4.78 is 16.9. The third kappa shape index (κ3) is 6.05. The molecule has 3 rings (SSSR count). The maximum Gasteiger partial charge on any atom is 0.379 e. The summed E-state index contributed by atoms with van der Waals surface area (Å²) in [5.74, 6) is -0.126. The molecule has 1 N–H and O–H groups in total. The van der Waals surface area contributed by atoms with Crippen LogP contribution < -0.4 is 14.9 Å². The van der Waals surface area contributed by atoms with Crippen molar-refractivity contribution in [2.75, 3.05) is 6.61 Å². The fourth-order valence-corrected chi connectivity index (χ4v) is 2.77. The zero-order chi connectivity index (χ0) is 21.3. The molecule has 0 aliphatic rings. The summed E-state index contributed by atoms with van der Waals surface area (Å²) in [5, 5.41) is 3.98. The van der Waals surface area contributed by atoms with Crippen molar-refractivity contribution in [1.82, 2.24) is 5.43 Å². The van der Waals surface area contributed by atoms with Crippen LogP contribution in [0.25, 0.3) is 0 Å². The molecule has 0 aliphatic carbocycles.